The van der Waals surface area contributed by atoms with Gasteiger partial charge in [-0.15, -0.1) is 0 Å². The number of phenols is 1. The molecule has 1 N–H and O–H groups in total. The van der Waals surface area contributed by atoms with Crippen LogP contribution < -0.4 is 4.74 Å². The van der Waals surface area contributed by atoms with Gasteiger partial charge >= 0.3 is 23.9 Å². The van der Waals surface area contributed by atoms with Crippen molar-refractivity contribution in [2.75, 3.05) is 6.61 Å². The number of Topliss-reactive ketones (excluding diaryl/α,β-unsaturated/α-hetero) is 1. The van der Waals surface area contributed by atoms with Gasteiger partial charge < -0.3 is 33.5 Å². The Balaban J connectivity index is 1.91. The highest BCUT2D eigenvalue weighted by atomic mass is 16.7. The van der Waals surface area contributed by atoms with Crippen LogP contribution in [0.2, 0.25) is 0 Å². The van der Waals surface area contributed by atoms with Crippen LogP contribution in [0.3, 0.4) is 0 Å². The smallest absolute Gasteiger partial charge is 0.303 e. The van der Waals surface area contributed by atoms with Gasteiger partial charge in [-0.1, -0.05) is 30.3 Å². The van der Waals surface area contributed by atoms with Crippen LogP contribution in [0.15, 0.2) is 48.5 Å². The first-order valence-corrected chi connectivity index (χ1v) is 12.3. The van der Waals surface area contributed by atoms with Crippen molar-refractivity contribution in [1.82, 2.24) is 0 Å². The number of ketones is 1. The van der Waals surface area contributed by atoms with E-state index in [1.165, 1.54) is 18.2 Å². The number of aromatic hydroxyl groups is 1. The van der Waals surface area contributed by atoms with Crippen LogP contribution in [0.1, 0.15) is 43.6 Å². The van der Waals surface area contributed by atoms with Gasteiger partial charge in [-0.2, -0.15) is 0 Å². The molecule has 0 aromatic heterocycles. The summed E-state index contributed by atoms with van der Waals surface area (Å²) in [6, 6.07) is 12.9. The first kappa shape index (κ1) is 30.1. The van der Waals surface area contributed by atoms with E-state index in [1.807, 2.05) is 6.07 Å². The van der Waals surface area contributed by atoms with Crippen molar-refractivity contribution in [2.24, 2.45) is 0 Å². The molecule has 0 radical (unpaired) electrons. The molecule has 1 aliphatic heterocycles. The third kappa shape index (κ3) is 8.27. The zero-order valence-corrected chi connectivity index (χ0v) is 22.4. The Morgan fingerprint density at radius 1 is 0.775 bits per heavy atom. The van der Waals surface area contributed by atoms with Gasteiger partial charge in [0.25, 0.3) is 0 Å². The lowest BCUT2D eigenvalue weighted by Crippen LogP contribution is -2.63. The molecular formula is C28H30O12. The maximum absolute atomic E-state index is 12.7. The molecule has 0 bridgehead atoms. The van der Waals surface area contributed by atoms with E-state index < -0.39 is 61.2 Å². The quantitative estimate of drug-likeness (QED) is 0.258. The molecule has 3 rings (SSSR count). The molecule has 12 nitrogen and oxygen atoms in total. The molecule has 40 heavy (non-hydrogen) atoms. The van der Waals surface area contributed by atoms with Crippen LogP contribution in [-0.2, 0) is 49.3 Å². The molecule has 5 atom stereocenters. The van der Waals surface area contributed by atoms with Gasteiger partial charge in [0.1, 0.15) is 24.2 Å². The van der Waals surface area contributed by atoms with Crippen molar-refractivity contribution < 1.29 is 57.5 Å². The minimum atomic E-state index is -1.48. The summed E-state index contributed by atoms with van der Waals surface area (Å²) >= 11 is 0. The number of phenolic OH excluding ortho intramolecular Hbond substituents is 1. The van der Waals surface area contributed by atoms with Crippen LogP contribution in [-0.4, -0.2) is 72.1 Å². The average Bonchev–Trinajstić information content (AvgIpc) is 2.86. The molecule has 0 amide bonds. The van der Waals surface area contributed by atoms with Gasteiger partial charge in [0.05, 0.1) is 5.56 Å². The number of carbonyl (C=O) groups is 5. The Labute approximate surface area is 230 Å². The zero-order valence-electron chi connectivity index (χ0n) is 22.4. The second kappa shape index (κ2) is 13.6. The van der Waals surface area contributed by atoms with Crippen LogP contribution in [0.4, 0.5) is 0 Å². The number of hydrogen-bond donors (Lipinski definition) is 1. The minimum absolute atomic E-state index is 0.00895. The number of ether oxygens (including phenoxy) is 6. The fraction of sp³-hybridized carbons (Fsp3) is 0.393. The summed E-state index contributed by atoms with van der Waals surface area (Å²) < 4.78 is 32.8. The van der Waals surface area contributed by atoms with Crippen LogP contribution in [0, 0.1) is 0 Å². The Bertz CT molecular complexity index is 1240. The lowest BCUT2D eigenvalue weighted by Gasteiger charge is -2.43. The second-order valence-electron chi connectivity index (χ2n) is 8.95. The van der Waals surface area contributed by atoms with E-state index in [0.717, 1.165) is 33.3 Å². The topological polar surface area (TPSA) is 161 Å². The van der Waals surface area contributed by atoms with E-state index in [-0.39, 0.29) is 29.3 Å². The van der Waals surface area contributed by atoms with Crippen LogP contribution >= 0.6 is 0 Å². The summed E-state index contributed by atoms with van der Waals surface area (Å²) in [5.41, 5.74) is 0.822. The summed E-state index contributed by atoms with van der Waals surface area (Å²) in [4.78, 5) is 60.0. The van der Waals surface area contributed by atoms with Gasteiger partial charge in [0.2, 0.25) is 12.4 Å². The fourth-order valence-corrected chi connectivity index (χ4v) is 4.11. The lowest BCUT2D eigenvalue weighted by atomic mass is 9.98. The predicted molar refractivity (Wildman–Crippen MR) is 135 cm³/mol. The maximum Gasteiger partial charge on any atom is 0.303 e. The van der Waals surface area contributed by atoms with Crippen molar-refractivity contribution in [3.05, 3.63) is 59.7 Å². The minimum Gasteiger partial charge on any atom is -0.507 e. The van der Waals surface area contributed by atoms with E-state index in [1.54, 1.807) is 24.3 Å². The second-order valence-corrected chi connectivity index (χ2v) is 8.95. The first-order chi connectivity index (χ1) is 18.9. The van der Waals surface area contributed by atoms with Crippen LogP contribution in [0.5, 0.6) is 11.5 Å². The van der Waals surface area contributed by atoms with E-state index in [0.29, 0.717) is 0 Å². The van der Waals surface area contributed by atoms with Crippen molar-refractivity contribution in [3.8, 4) is 11.5 Å². The van der Waals surface area contributed by atoms with E-state index >= 15 is 0 Å². The third-order valence-corrected chi connectivity index (χ3v) is 5.68. The zero-order chi connectivity index (χ0) is 29.4. The predicted octanol–water partition coefficient (Wildman–Crippen LogP) is 2.28. The normalized spacial score (nSPS) is 21.9. The van der Waals surface area contributed by atoms with Gasteiger partial charge in [-0.25, -0.2) is 0 Å². The monoisotopic (exact) mass is 558 g/mol. The number of esters is 4. The summed E-state index contributed by atoms with van der Waals surface area (Å²) in [6.07, 6.45) is -6.81. The number of benzene rings is 2. The molecule has 1 saturated heterocycles. The summed E-state index contributed by atoms with van der Waals surface area (Å²) in [6.45, 7) is 4.06. The van der Waals surface area contributed by atoms with Crippen molar-refractivity contribution in [1.29, 1.82) is 0 Å². The summed E-state index contributed by atoms with van der Waals surface area (Å²) in [5, 5.41) is 10.6. The standard InChI is InChI=1S/C28H30O12/c1-15(29)35-14-24-25(36-16(2)30)26(37-17(3)31)27(38-18(4)32)28(40-24)39-20-10-11-21(23(34)13-20)22(33)12-19-8-6-5-7-9-19/h5-11,13,24-28,34H,12,14H2,1-4H3/t24-,25-,26+,27-,28-/m0/s1. The molecule has 1 fully saturated rings. The molecular weight excluding hydrogens is 528 g/mol. The number of hydrogen-bond acceptors (Lipinski definition) is 12. The van der Waals surface area contributed by atoms with Crippen molar-refractivity contribution in [3.63, 3.8) is 0 Å². The molecule has 0 saturated carbocycles. The molecule has 12 heteroatoms. The Morgan fingerprint density at radius 3 is 1.95 bits per heavy atom. The largest absolute Gasteiger partial charge is 0.507 e. The molecule has 1 heterocycles. The molecule has 214 valence electrons. The van der Waals surface area contributed by atoms with Gasteiger partial charge in [0.15, 0.2) is 18.0 Å². The Hall–Kier alpha value is -4.45. The highest BCUT2D eigenvalue weighted by Crippen LogP contribution is 2.32. The average molecular weight is 559 g/mol. The van der Waals surface area contributed by atoms with E-state index in [9.17, 15) is 29.1 Å². The fourth-order valence-electron chi connectivity index (χ4n) is 4.11. The summed E-state index contributed by atoms with van der Waals surface area (Å²) in [7, 11) is 0. The third-order valence-electron chi connectivity index (χ3n) is 5.68. The number of rotatable bonds is 10. The molecule has 0 unspecified atom stereocenters. The highest BCUT2D eigenvalue weighted by molar-refractivity contribution is 6.00. The molecule has 0 aliphatic carbocycles. The maximum atomic E-state index is 12.7. The van der Waals surface area contributed by atoms with E-state index in [4.69, 9.17) is 28.4 Å². The first-order valence-electron chi connectivity index (χ1n) is 12.3. The van der Waals surface area contributed by atoms with Gasteiger partial charge in [-0.05, 0) is 17.7 Å². The summed E-state index contributed by atoms with van der Waals surface area (Å²) in [5.74, 6) is -3.69. The SMILES string of the molecule is CC(=O)OC[C@@H]1O[C@H](Oc2ccc(C(=O)Cc3ccccc3)c(O)c2)[C@@H](OC(C)=O)[C@H](OC(C)=O)[C@H]1OC(C)=O. The van der Waals surface area contributed by atoms with Gasteiger partial charge in [-0.3, -0.25) is 24.0 Å². The highest BCUT2D eigenvalue weighted by Gasteiger charge is 2.53. The lowest BCUT2D eigenvalue weighted by molar-refractivity contribution is -0.288. The molecule has 1 aliphatic rings. The van der Waals surface area contributed by atoms with Crippen LogP contribution in [0.25, 0.3) is 0 Å². The van der Waals surface area contributed by atoms with E-state index in [2.05, 4.69) is 0 Å². The molecule has 0 spiro atoms. The van der Waals surface area contributed by atoms with Crippen molar-refractivity contribution in [2.45, 2.75) is 64.8 Å². The molecule has 2 aromatic carbocycles. The van der Waals surface area contributed by atoms with Crippen molar-refractivity contribution >= 4 is 29.7 Å². The Kier molecular flexibility index (Phi) is 10.2. The molecule has 2 aromatic rings. The van der Waals surface area contributed by atoms with Gasteiger partial charge in [0, 0.05) is 40.2 Å². The Morgan fingerprint density at radius 2 is 1.38 bits per heavy atom. The number of carbonyl (C=O) groups excluding carboxylic acids is 5.